The molecule has 2 heterocycles. The van der Waals surface area contributed by atoms with Crippen LogP contribution in [0.2, 0.25) is 0 Å². The summed E-state index contributed by atoms with van der Waals surface area (Å²) in [6.07, 6.45) is 1.89. The summed E-state index contributed by atoms with van der Waals surface area (Å²) in [6.45, 7) is 1.91. The fourth-order valence-corrected chi connectivity index (χ4v) is 2.90. The highest BCUT2D eigenvalue weighted by atomic mass is 32.2. The number of amides is 1. The van der Waals surface area contributed by atoms with E-state index in [0.29, 0.717) is 5.75 Å². The molecule has 0 aliphatic rings. The molecule has 3 rings (SSSR count). The van der Waals surface area contributed by atoms with Crippen molar-refractivity contribution in [2.45, 2.75) is 17.9 Å². The van der Waals surface area contributed by atoms with Gasteiger partial charge in [-0.2, -0.15) is 0 Å². The monoisotopic (exact) mass is 312 g/mol. The van der Waals surface area contributed by atoms with Crippen LogP contribution in [0, 0.1) is 0 Å². The van der Waals surface area contributed by atoms with Crippen molar-refractivity contribution >= 4 is 23.3 Å². The summed E-state index contributed by atoms with van der Waals surface area (Å²) in [6, 6.07) is 15.4. The Morgan fingerprint density at radius 3 is 2.77 bits per heavy atom. The highest BCUT2D eigenvalue weighted by Gasteiger charge is 2.15. The molecule has 22 heavy (non-hydrogen) atoms. The summed E-state index contributed by atoms with van der Waals surface area (Å²) in [5, 5.41) is 11.2. The number of fused-ring (bicyclic) bond motifs is 1. The van der Waals surface area contributed by atoms with Crippen molar-refractivity contribution in [2.24, 2.45) is 0 Å². The molecule has 0 saturated carbocycles. The Balaban J connectivity index is 1.61. The molecular formula is C16H16N4OS. The zero-order valence-corrected chi connectivity index (χ0v) is 13.0. The van der Waals surface area contributed by atoms with Crippen molar-refractivity contribution < 1.29 is 4.79 Å². The van der Waals surface area contributed by atoms with Crippen molar-refractivity contribution in [3.8, 4) is 0 Å². The van der Waals surface area contributed by atoms with Crippen LogP contribution in [0.25, 0.3) is 5.65 Å². The zero-order chi connectivity index (χ0) is 15.4. The molecule has 1 N–H and O–H groups in total. The van der Waals surface area contributed by atoms with Gasteiger partial charge < -0.3 is 5.32 Å². The lowest BCUT2D eigenvalue weighted by Crippen LogP contribution is -2.29. The molecular weight excluding hydrogens is 296 g/mol. The van der Waals surface area contributed by atoms with Gasteiger partial charge in [0.05, 0.1) is 11.8 Å². The minimum absolute atomic E-state index is 0.0194. The molecule has 0 aliphatic heterocycles. The number of pyridine rings is 1. The van der Waals surface area contributed by atoms with Crippen molar-refractivity contribution in [3.63, 3.8) is 0 Å². The van der Waals surface area contributed by atoms with Crippen LogP contribution in [-0.4, -0.2) is 26.3 Å². The first-order valence-electron chi connectivity index (χ1n) is 7.01. The Kier molecular flexibility index (Phi) is 4.39. The van der Waals surface area contributed by atoms with Crippen LogP contribution in [0.3, 0.4) is 0 Å². The van der Waals surface area contributed by atoms with Crippen molar-refractivity contribution in [3.05, 3.63) is 60.6 Å². The van der Waals surface area contributed by atoms with Gasteiger partial charge in [-0.25, -0.2) is 0 Å². The second-order valence-electron chi connectivity index (χ2n) is 4.88. The molecule has 5 nitrogen and oxygen atoms in total. The lowest BCUT2D eigenvalue weighted by atomic mass is 10.3. The quantitative estimate of drug-likeness (QED) is 0.736. The van der Waals surface area contributed by atoms with Gasteiger partial charge in [0.15, 0.2) is 11.5 Å². The van der Waals surface area contributed by atoms with Gasteiger partial charge >= 0.3 is 0 Å². The molecule has 0 bridgehead atoms. The van der Waals surface area contributed by atoms with Gasteiger partial charge in [-0.05, 0) is 31.2 Å². The Morgan fingerprint density at radius 2 is 1.95 bits per heavy atom. The molecule has 0 fully saturated rings. The predicted octanol–water partition coefficient (Wildman–Crippen LogP) is 2.70. The van der Waals surface area contributed by atoms with Crippen LogP contribution in [0.4, 0.5) is 0 Å². The lowest BCUT2D eigenvalue weighted by molar-refractivity contribution is -0.119. The van der Waals surface area contributed by atoms with Crippen LogP contribution in [-0.2, 0) is 4.79 Å². The number of nitrogens with one attached hydrogen (secondary N) is 1. The topological polar surface area (TPSA) is 59.3 Å². The number of hydrogen-bond donors (Lipinski definition) is 1. The van der Waals surface area contributed by atoms with Crippen LogP contribution in [0.5, 0.6) is 0 Å². The van der Waals surface area contributed by atoms with E-state index in [1.165, 1.54) is 11.8 Å². The molecule has 3 aromatic rings. The number of rotatable bonds is 5. The third-order valence-electron chi connectivity index (χ3n) is 3.22. The number of hydrogen-bond acceptors (Lipinski definition) is 4. The summed E-state index contributed by atoms with van der Waals surface area (Å²) in [4.78, 5) is 13.2. The van der Waals surface area contributed by atoms with E-state index < -0.39 is 0 Å². The number of carbonyl (C=O) groups is 1. The van der Waals surface area contributed by atoms with Gasteiger partial charge in [0.1, 0.15) is 0 Å². The van der Waals surface area contributed by atoms with Crippen molar-refractivity contribution in [2.75, 3.05) is 5.75 Å². The van der Waals surface area contributed by atoms with E-state index in [9.17, 15) is 4.79 Å². The highest BCUT2D eigenvalue weighted by molar-refractivity contribution is 8.00. The van der Waals surface area contributed by atoms with Crippen molar-refractivity contribution in [1.29, 1.82) is 0 Å². The van der Waals surface area contributed by atoms with E-state index in [-0.39, 0.29) is 11.9 Å². The molecule has 2 aromatic heterocycles. The van der Waals surface area contributed by atoms with Crippen molar-refractivity contribution in [1.82, 2.24) is 19.9 Å². The molecule has 1 aromatic carbocycles. The van der Waals surface area contributed by atoms with Crippen LogP contribution in [0.1, 0.15) is 18.8 Å². The first kappa shape index (κ1) is 14.6. The average Bonchev–Trinajstić information content (AvgIpc) is 2.98. The van der Waals surface area contributed by atoms with Gasteiger partial charge in [0.2, 0.25) is 5.91 Å². The van der Waals surface area contributed by atoms with E-state index in [1.54, 1.807) is 0 Å². The SMILES string of the molecule is CC(NC(=O)CSc1ccccc1)c1nnc2ccccn12. The fraction of sp³-hybridized carbons (Fsp3) is 0.188. The molecule has 112 valence electrons. The van der Waals surface area contributed by atoms with E-state index in [2.05, 4.69) is 15.5 Å². The van der Waals surface area contributed by atoms with E-state index in [1.807, 2.05) is 66.1 Å². The Hall–Kier alpha value is -2.34. The molecule has 0 aliphatic carbocycles. The summed E-state index contributed by atoms with van der Waals surface area (Å²) in [5.41, 5.74) is 0.775. The standard InChI is InChI=1S/C16H16N4OS/c1-12(16-19-18-14-9-5-6-10-20(14)16)17-15(21)11-22-13-7-3-2-4-8-13/h2-10,12H,11H2,1H3,(H,17,21). The molecule has 0 radical (unpaired) electrons. The normalized spacial score (nSPS) is 12.2. The average molecular weight is 312 g/mol. The lowest BCUT2D eigenvalue weighted by Gasteiger charge is -2.12. The molecule has 0 saturated heterocycles. The number of benzene rings is 1. The number of thioether (sulfide) groups is 1. The maximum absolute atomic E-state index is 12.1. The molecule has 0 spiro atoms. The molecule has 6 heteroatoms. The first-order chi connectivity index (χ1) is 10.7. The van der Waals surface area contributed by atoms with Gasteiger partial charge in [0.25, 0.3) is 0 Å². The Labute approximate surface area is 132 Å². The second kappa shape index (κ2) is 6.62. The Morgan fingerprint density at radius 1 is 1.18 bits per heavy atom. The number of nitrogens with zero attached hydrogens (tertiary/aromatic N) is 3. The van der Waals surface area contributed by atoms with Gasteiger partial charge in [-0.15, -0.1) is 22.0 Å². The maximum Gasteiger partial charge on any atom is 0.230 e. The minimum atomic E-state index is -0.193. The van der Waals surface area contributed by atoms with Crippen LogP contribution in [0.15, 0.2) is 59.6 Å². The van der Waals surface area contributed by atoms with E-state index >= 15 is 0 Å². The summed E-state index contributed by atoms with van der Waals surface area (Å²) < 4.78 is 1.88. The number of aromatic nitrogens is 3. The van der Waals surface area contributed by atoms with Crippen LogP contribution >= 0.6 is 11.8 Å². The van der Waals surface area contributed by atoms with Gasteiger partial charge in [0, 0.05) is 11.1 Å². The van der Waals surface area contributed by atoms with Gasteiger partial charge in [-0.3, -0.25) is 9.20 Å². The smallest absolute Gasteiger partial charge is 0.230 e. The van der Waals surface area contributed by atoms with E-state index in [0.717, 1.165) is 16.4 Å². The third-order valence-corrected chi connectivity index (χ3v) is 4.23. The highest BCUT2D eigenvalue weighted by Crippen LogP contribution is 2.17. The molecule has 1 unspecified atom stereocenters. The van der Waals surface area contributed by atoms with Gasteiger partial charge in [-0.1, -0.05) is 24.3 Å². The largest absolute Gasteiger partial charge is 0.346 e. The van der Waals surface area contributed by atoms with Crippen LogP contribution < -0.4 is 5.32 Å². The summed E-state index contributed by atoms with van der Waals surface area (Å²) >= 11 is 1.52. The van der Waals surface area contributed by atoms with E-state index in [4.69, 9.17) is 0 Å². The Bertz CT molecular complexity index is 772. The predicted molar refractivity (Wildman–Crippen MR) is 86.7 cm³/mol. The summed E-state index contributed by atoms with van der Waals surface area (Å²) in [7, 11) is 0. The maximum atomic E-state index is 12.1. The summed E-state index contributed by atoms with van der Waals surface area (Å²) in [5.74, 6) is 1.09. The molecule has 1 atom stereocenters. The second-order valence-corrected chi connectivity index (χ2v) is 5.93. The molecule has 1 amide bonds. The number of carbonyl (C=O) groups excluding carboxylic acids is 1. The first-order valence-corrected chi connectivity index (χ1v) is 7.99. The zero-order valence-electron chi connectivity index (χ0n) is 12.1. The third kappa shape index (κ3) is 3.28. The minimum Gasteiger partial charge on any atom is -0.346 e. The fourth-order valence-electron chi connectivity index (χ4n) is 2.17.